The van der Waals surface area contributed by atoms with Gasteiger partial charge in [0.05, 0.1) is 36.6 Å². The van der Waals surface area contributed by atoms with Gasteiger partial charge in [0.1, 0.15) is 0 Å². The van der Waals surface area contributed by atoms with Crippen LogP contribution in [0.5, 0.6) is 0 Å². The van der Waals surface area contributed by atoms with Crippen LogP contribution in [-0.4, -0.2) is 54.8 Å². The lowest BCUT2D eigenvalue weighted by Gasteiger charge is -2.50. The molecule has 6 nitrogen and oxygen atoms in total. The molecule has 0 amide bonds. The normalized spacial score (nSPS) is 17.4. The number of allylic oxidation sites excluding steroid dienone is 1. The van der Waals surface area contributed by atoms with E-state index in [9.17, 15) is 4.79 Å². The molecule has 5 rings (SSSR count). The summed E-state index contributed by atoms with van der Waals surface area (Å²) in [4.78, 5) is 14.9. The highest BCUT2D eigenvalue weighted by atomic mass is 28.4. The minimum Gasteiger partial charge on any atom is -0.462 e. The van der Waals surface area contributed by atoms with E-state index in [1.54, 1.807) is 17.1 Å². The van der Waals surface area contributed by atoms with Crippen LogP contribution in [0.15, 0.2) is 115 Å². The fraction of sp³-hybridized carbons (Fsp3) is 0.368. The van der Waals surface area contributed by atoms with Gasteiger partial charge in [-0.3, -0.25) is 9.58 Å². The molecule has 1 aromatic heterocycles. The van der Waals surface area contributed by atoms with E-state index in [0.717, 1.165) is 19.5 Å². The average molecular weight is 622 g/mol. The predicted molar refractivity (Wildman–Crippen MR) is 184 cm³/mol. The van der Waals surface area contributed by atoms with Gasteiger partial charge in [0.2, 0.25) is 0 Å². The molecule has 3 aromatic carbocycles. The summed E-state index contributed by atoms with van der Waals surface area (Å²) >= 11 is 0. The minimum atomic E-state index is -2.07. The SMILES string of the molecule is CCOC(=O)c1cnn(C/C=C2/CN(C(c3ccccc3)(c3ccccc3)c3ccccc3)CCC2O[Si](C)(C)C(C)(C)C)c1. The molecule has 0 spiro atoms. The molecule has 0 saturated carbocycles. The molecular formula is C38H47N3O3Si. The summed E-state index contributed by atoms with van der Waals surface area (Å²) in [6.45, 7) is 15.8. The second kappa shape index (κ2) is 13.7. The summed E-state index contributed by atoms with van der Waals surface area (Å²) in [7, 11) is -2.07. The average Bonchev–Trinajstić information content (AvgIpc) is 3.52. The van der Waals surface area contributed by atoms with Crippen LogP contribution in [0.4, 0.5) is 0 Å². The van der Waals surface area contributed by atoms with E-state index in [1.165, 1.54) is 22.3 Å². The Hall–Kier alpha value is -3.78. The third-order valence-corrected chi connectivity index (χ3v) is 13.9. The summed E-state index contributed by atoms with van der Waals surface area (Å²) in [6, 6.07) is 32.6. The van der Waals surface area contributed by atoms with Crippen LogP contribution >= 0.6 is 0 Å². The van der Waals surface area contributed by atoms with Crippen LogP contribution in [0, 0.1) is 0 Å². The number of hydrogen-bond acceptors (Lipinski definition) is 5. The Morgan fingerprint density at radius 2 is 1.44 bits per heavy atom. The van der Waals surface area contributed by atoms with Crippen LogP contribution in [0.3, 0.4) is 0 Å². The van der Waals surface area contributed by atoms with Gasteiger partial charge in [-0.25, -0.2) is 4.79 Å². The van der Waals surface area contributed by atoms with Crippen molar-refractivity contribution in [2.24, 2.45) is 0 Å². The molecule has 2 heterocycles. The van der Waals surface area contributed by atoms with Crippen molar-refractivity contribution >= 4 is 14.3 Å². The molecule has 4 aromatic rings. The van der Waals surface area contributed by atoms with Crippen molar-refractivity contribution < 1.29 is 14.0 Å². The van der Waals surface area contributed by atoms with Gasteiger partial charge < -0.3 is 9.16 Å². The van der Waals surface area contributed by atoms with Crippen molar-refractivity contribution in [1.82, 2.24) is 14.7 Å². The number of carbonyl (C=O) groups excluding carboxylic acids is 1. The van der Waals surface area contributed by atoms with Crippen molar-refractivity contribution in [3.8, 4) is 0 Å². The smallest absolute Gasteiger partial charge is 0.341 e. The topological polar surface area (TPSA) is 56.6 Å². The van der Waals surface area contributed by atoms with E-state index in [2.05, 4.69) is 141 Å². The third kappa shape index (κ3) is 6.91. The molecule has 1 aliphatic rings. The molecule has 45 heavy (non-hydrogen) atoms. The van der Waals surface area contributed by atoms with Gasteiger partial charge in [-0.05, 0) is 53.7 Å². The van der Waals surface area contributed by atoms with Gasteiger partial charge >= 0.3 is 5.97 Å². The molecule has 0 aliphatic carbocycles. The molecule has 236 valence electrons. The van der Waals surface area contributed by atoms with E-state index in [1.807, 2.05) is 6.92 Å². The fourth-order valence-electron chi connectivity index (χ4n) is 6.09. The van der Waals surface area contributed by atoms with Gasteiger partial charge in [-0.2, -0.15) is 5.10 Å². The molecule has 1 unspecified atom stereocenters. The highest BCUT2D eigenvalue weighted by molar-refractivity contribution is 6.74. The summed E-state index contributed by atoms with van der Waals surface area (Å²) in [5, 5.41) is 4.57. The van der Waals surface area contributed by atoms with Crippen molar-refractivity contribution in [3.63, 3.8) is 0 Å². The number of rotatable bonds is 10. The lowest BCUT2D eigenvalue weighted by Crippen LogP contribution is -2.55. The number of aromatic nitrogens is 2. The number of benzene rings is 3. The molecular weight excluding hydrogens is 575 g/mol. The largest absolute Gasteiger partial charge is 0.462 e. The molecule has 1 fully saturated rings. The Morgan fingerprint density at radius 3 is 1.93 bits per heavy atom. The summed E-state index contributed by atoms with van der Waals surface area (Å²) in [5.41, 5.74) is 4.90. The third-order valence-electron chi connectivity index (χ3n) is 9.43. The highest BCUT2D eigenvalue weighted by Gasteiger charge is 2.46. The standard InChI is InChI=1S/C38H47N3O3Si/c1-7-43-36(42)31-27-39-41(29-31)26-23-30-28-40(25-24-35(30)44-45(5,6)37(2,3)4)38(32-17-11-8-12-18-32,33-19-13-9-14-20-33)34-21-15-10-16-22-34/h8-23,27,29,35H,7,24-26,28H2,1-6H3/b30-23-. The summed E-state index contributed by atoms with van der Waals surface area (Å²) < 4.78 is 14.1. The first-order chi connectivity index (χ1) is 21.6. The van der Waals surface area contributed by atoms with Crippen LogP contribution in [0.2, 0.25) is 18.1 Å². The molecule has 7 heteroatoms. The summed E-state index contributed by atoms with van der Waals surface area (Å²) in [5.74, 6) is -0.349. The zero-order chi connectivity index (χ0) is 32.1. The zero-order valence-corrected chi connectivity index (χ0v) is 28.6. The zero-order valence-electron chi connectivity index (χ0n) is 27.6. The first-order valence-corrected chi connectivity index (χ1v) is 18.9. The van der Waals surface area contributed by atoms with Gasteiger partial charge in [0.25, 0.3) is 0 Å². The summed E-state index contributed by atoms with van der Waals surface area (Å²) in [6.07, 6.45) is 6.49. The maximum absolute atomic E-state index is 12.3. The first-order valence-electron chi connectivity index (χ1n) is 16.0. The maximum Gasteiger partial charge on any atom is 0.341 e. The molecule has 1 atom stereocenters. The number of esters is 1. The highest BCUT2D eigenvalue weighted by Crippen LogP contribution is 2.45. The van der Waals surface area contributed by atoms with Gasteiger partial charge in [0.15, 0.2) is 8.32 Å². The Labute approximate surface area is 269 Å². The Bertz CT molecular complexity index is 1480. The van der Waals surface area contributed by atoms with E-state index < -0.39 is 13.9 Å². The van der Waals surface area contributed by atoms with Gasteiger partial charge in [-0.15, -0.1) is 0 Å². The van der Waals surface area contributed by atoms with Crippen molar-refractivity contribution in [1.29, 1.82) is 0 Å². The van der Waals surface area contributed by atoms with E-state index in [0.29, 0.717) is 18.7 Å². The Kier molecular flexibility index (Phi) is 9.92. The molecule has 0 N–H and O–H groups in total. The first kappa shape index (κ1) is 32.6. The van der Waals surface area contributed by atoms with Crippen LogP contribution in [-0.2, 0) is 21.2 Å². The van der Waals surface area contributed by atoms with Crippen LogP contribution < -0.4 is 0 Å². The van der Waals surface area contributed by atoms with Crippen LogP contribution in [0.1, 0.15) is 61.2 Å². The number of ether oxygens (including phenoxy) is 1. The van der Waals surface area contributed by atoms with Crippen molar-refractivity contribution in [3.05, 3.63) is 137 Å². The van der Waals surface area contributed by atoms with Gasteiger partial charge in [-0.1, -0.05) is 118 Å². The quantitative estimate of drug-likeness (QED) is 0.0776. The monoisotopic (exact) mass is 621 g/mol. The van der Waals surface area contributed by atoms with Crippen LogP contribution in [0.25, 0.3) is 0 Å². The lowest BCUT2D eigenvalue weighted by molar-refractivity contribution is 0.0526. The predicted octanol–water partition coefficient (Wildman–Crippen LogP) is 8.07. The number of carbonyl (C=O) groups is 1. The number of hydrogen-bond donors (Lipinski definition) is 0. The number of likely N-dealkylation sites (tertiary alicyclic amines) is 1. The fourth-order valence-corrected chi connectivity index (χ4v) is 7.42. The van der Waals surface area contributed by atoms with E-state index in [4.69, 9.17) is 9.16 Å². The van der Waals surface area contributed by atoms with E-state index >= 15 is 0 Å². The maximum atomic E-state index is 12.3. The Balaban J connectivity index is 1.59. The van der Waals surface area contributed by atoms with E-state index in [-0.39, 0.29) is 17.1 Å². The number of nitrogens with zero attached hydrogens (tertiary/aromatic N) is 3. The minimum absolute atomic E-state index is 0.00208. The van der Waals surface area contributed by atoms with Crippen molar-refractivity contribution in [2.75, 3.05) is 19.7 Å². The van der Waals surface area contributed by atoms with Crippen molar-refractivity contribution in [2.45, 2.75) is 70.4 Å². The lowest BCUT2D eigenvalue weighted by atomic mass is 9.74. The Morgan fingerprint density at radius 1 is 0.911 bits per heavy atom. The molecule has 0 radical (unpaired) electrons. The molecule has 0 bridgehead atoms. The molecule has 1 aliphatic heterocycles. The van der Waals surface area contributed by atoms with Gasteiger partial charge in [0, 0.05) is 19.3 Å². The molecule has 1 saturated heterocycles. The second-order valence-electron chi connectivity index (χ2n) is 13.3. The number of piperidine rings is 1. The second-order valence-corrected chi connectivity index (χ2v) is 18.1.